The van der Waals surface area contributed by atoms with Crippen molar-refractivity contribution in [2.45, 2.75) is 18.3 Å². The Balaban J connectivity index is 3.94. The van der Waals surface area contributed by atoms with Crippen LogP contribution in [-0.2, 0) is 14.3 Å². The third-order valence-electron chi connectivity index (χ3n) is 1.03. The quantitative estimate of drug-likeness (QED) is 0.506. The molecule has 0 saturated heterocycles. The van der Waals surface area contributed by atoms with E-state index >= 15 is 0 Å². The summed E-state index contributed by atoms with van der Waals surface area (Å²) in [5.74, 6) is -0.672. The van der Waals surface area contributed by atoms with Crippen molar-refractivity contribution in [3.8, 4) is 0 Å². The first-order valence-electron chi connectivity index (χ1n) is 3.04. The van der Waals surface area contributed by atoms with E-state index in [4.69, 9.17) is 0 Å². The second-order valence-corrected chi connectivity index (χ2v) is 2.64. The van der Waals surface area contributed by atoms with Crippen LogP contribution in [-0.4, -0.2) is 41.0 Å². The molecule has 0 aliphatic carbocycles. The summed E-state index contributed by atoms with van der Waals surface area (Å²) < 4.78 is 4.43. The molecule has 0 aromatic heterocycles. The topological polar surface area (TPSA) is 55.4 Å². The van der Waals surface area contributed by atoms with Crippen molar-refractivity contribution in [3.63, 3.8) is 0 Å². The molecular weight excluding hydrogens is 213 g/mol. The molecular formula is C6H10NO3Se. The summed E-state index contributed by atoms with van der Waals surface area (Å²) in [6.45, 7) is 1.35. The van der Waals surface area contributed by atoms with Gasteiger partial charge in [0.15, 0.2) is 0 Å². The fraction of sp³-hybridized carbons (Fsp3) is 0.667. The summed E-state index contributed by atoms with van der Waals surface area (Å²) >= 11 is 2.65. The minimum absolute atomic E-state index is 0.240. The summed E-state index contributed by atoms with van der Waals surface area (Å²) in [4.78, 5) is 21.3. The number of hydrogen-bond acceptors (Lipinski definition) is 3. The maximum absolute atomic E-state index is 10.8. The minimum atomic E-state index is -0.558. The van der Waals surface area contributed by atoms with E-state index in [0.717, 1.165) is 0 Å². The van der Waals surface area contributed by atoms with Crippen LogP contribution in [0.5, 0.6) is 0 Å². The first-order chi connectivity index (χ1) is 5.11. The molecule has 1 radical (unpaired) electrons. The Morgan fingerprint density at radius 2 is 2.18 bits per heavy atom. The third-order valence-corrected chi connectivity index (χ3v) is 1.73. The number of ether oxygens (including phenoxy) is 1. The molecule has 63 valence electrons. The number of carbonyl (C=O) groups is 2. The molecule has 0 fully saturated rings. The van der Waals surface area contributed by atoms with Gasteiger partial charge in [0.25, 0.3) is 0 Å². The molecule has 0 saturated carbocycles. The Kier molecular flexibility index (Phi) is 4.90. The predicted molar refractivity (Wildman–Crippen MR) is 40.2 cm³/mol. The summed E-state index contributed by atoms with van der Waals surface area (Å²) in [6.07, 6.45) is 0. The molecule has 1 atom stereocenters. The summed E-state index contributed by atoms with van der Waals surface area (Å²) in [7, 11) is 1.28. The van der Waals surface area contributed by atoms with Gasteiger partial charge in [-0.3, -0.25) is 0 Å². The molecule has 0 aromatic carbocycles. The van der Waals surface area contributed by atoms with Gasteiger partial charge in [-0.1, -0.05) is 0 Å². The van der Waals surface area contributed by atoms with Crippen LogP contribution in [0.15, 0.2) is 0 Å². The van der Waals surface area contributed by atoms with Gasteiger partial charge in [-0.05, 0) is 0 Å². The molecule has 1 N–H and O–H groups in total. The number of esters is 1. The number of rotatable bonds is 3. The van der Waals surface area contributed by atoms with Crippen LogP contribution in [0.3, 0.4) is 0 Å². The van der Waals surface area contributed by atoms with Crippen molar-refractivity contribution in [2.24, 2.45) is 0 Å². The number of amides is 1. The average molecular weight is 223 g/mol. The van der Waals surface area contributed by atoms with Gasteiger partial charge >= 0.3 is 72.9 Å². The molecule has 0 heterocycles. The van der Waals surface area contributed by atoms with Crippen molar-refractivity contribution in [1.29, 1.82) is 0 Å². The van der Waals surface area contributed by atoms with Gasteiger partial charge in [-0.15, -0.1) is 0 Å². The molecule has 0 aromatic rings. The second kappa shape index (κ2) is 5.15. The van der Waals surface area contributed by atoms with E-state index in [1.54, 1.807) is 0 Å². The number of nitrogens with one attached hydrogen (secondary N) is 1. The van der Waals surface area contributed by atoms with Crippen LogP contribution in [0, 0.1) is 0 Å². The van der Waals surface area contributed by atoms with E-state index in [9.17, 15) is 9.59 Å². The molecule has 5 heteroatoms. The van der Waals surface area contributed by atoms with Crippen LogP contribution in [0.2, 0.25) is 5.32 Å². The van der Waals surface area contributed by atoms with E-state index in [2.05, 4.69) is 26.1 Å². The van der Waals surface area contributed by atoms with Gasteiger partial charge < -0.3 is 0 Å². The van der Waals surface area contributed by atoms with Gasteiger partial charge in [-0.25, -0.2) is 0 Å². The molecule has 0 spiro atoms. The Morgan fingerprint density at radius 1 is 1.64 bits per heavy atom. The van der Waals surface area contributed by atoms with Crippen LogP contribution in [0.1, 0.15) is 6.92 Å². The number of carbonyl (C=O) groups excluding carboxylic acids is 2. The SMILES string of the molecule is COC(=O)[C@H](C[Se])NC(C)=O. The van der Waals surface area contributed by atoms with E-state index in [1.165, 1.54) is 14.0 Å². The Labute approximate surface area is 73.5 Å². The van der Waals surface area contributed by atoms with E-state index in [0.29, 0.717) is 5.32 Å². The van der Waals surface area contributed by atoms with Crippen LogP contribution >= 0.6 is 0 Å². The summed E-state index contributed by atoms with van der Waals surface area (Å²) in [5, 5.41) is 2.86. The van der Waals surface area contributed by atoms with E-state index in [-0.39, 0.29) is 5.91 Å². The van der Waals surface area contributed by atoms with Crippen LogP contribution < -0.4 is 5.32 Å². The van der Waals surface area contributed by atoms with Crippen molar-refractivity contribution in [2.75, 3.05) is 7.11 Å². The molecule has 1 amide bonds. The Morgan fingerprint density at radius 3 is 2.45 bits per heavy atom. The fourth-order valence-corrected chi connectivity index (χ4v) is 1.02. The van der Waals surface area contributed by atoms with Crippen molar-refractivity contribution < 1.29 is 14.3 Å². The third kappa shape index (κ3) is 4.01. The normalized spacial score (nSPS) is 11.9. The fourth-order valence-electron chi connectivity index (χ4n) is 0.556. The monoisotopic (exact) mass is 224 g/mol. The summed E-state index contributed by atoms with van der Waals surface area (Å²) in [6, 6.07) is -0.558. The standard InChI is InChI=1S/C6H10NO3Se/c1-4(8)7-5(3-11)6(9)10-2/h5H,3H2,1-2H3,(H,7,8)/t5-/m0/s1. The van der Waals surface area contributed by atoms with Gasteiger partial charge in [0.2, 0.25) is 0 Å². The van der Waals surface area contributed by atoms with Gasteiger partial charge in [0.05, 0.1) is 0 Å². The van der Waals surface area contributed by atoms with Gasteiger partial charge in [0, 0.05) is 0 Å². The molecule has 0 aliphatic rings. The summed E-state index contributed by atoms with van der Waals surface area (Å²) in [5.41, 5.74) is 0. The number of methoxy groups -OCH3 is 1. The van der Waals surface area contributed by atoms with Gasteiger partial charge in [-0.2, -0.15) is 0 Å². The Bertz CT molecular complexity index is 160. The van der Waals surface area contributed by atoms with Gasteiger partial charge in [0.1, 0.15) is 0 Å². The zero-order chi connectivity index (χ0) is 8.85. The second-order valence-electron chi connectivity index (χ2n) is 1.94. The molecule has 0 unspecified atom stereocenters. The molecule has 0 bridgehead atoms. The van der Waals surface area contributed by atoms with Crippen molar-refractivity contribution in [1.82, 2.24) is 5.32 Å². The van der Waals surface area contributed by atoms with Crippen LogP contribution in [0.4, 0.5) is 0 Å². The van der Waals surface area contributed by atoms with Crippen LogP contribution in [0.25, 0.3) is 0 Å². The van der Waals surface area contributed by atoms with E-state index in [1.807, 2.05) is 0 Å². The first kappa shape index (κ1) is 10.5. The van der Waals surface area contributed by atoms with Crippen molar-refractivity contribution >= 4 is 27.9 Å². The molecule has 11 heavy (non-hydrogen) atoms. The number of hydrogen-bond donors (Lipinski definition) is 1. The van der Waals surface area contributed by atoms with Crippen molar-refractivity contribution in [3.05, 3.63) is 0 Å². The molecule has 0 aliphatic heterocycles. The Hall–Kier alpha value is -0.541. The zero-order valence-corrected chi connectivity index (χ0v) is 8.13. The van der Waals surface area contributed by atoms with E-state index < -0.39 is 12.0 Å². The first-order valence-corrected chi connectivity index (χ1v) is 4.26. The molecule has 4 nitrogen and oxygen atoms in total. The predicted octanol–water partition coefficient (Wildman–Crippen LogP) is -0.749. The zero-order valence-electron chi connectivity index (χ0n) is 6.42. The maximum atomic E-state index is 10.8. The average Bonchev–Trinajstić information content (AvgIpc) is 1.98. The molecule has 0 rings (SSSR count).